The molecule has 0 N–H and O–H groups in total. The second-order valence-corrected chi connectivity index (χ2v) is 6.95. The summed E-state index contributed by atoms with van der Waals surface area (Å²) in [6.45, 7) is 0. The number of benzene rings is 1. The summed E-state index contributed by atoms with van der Waals surface area (Å²) in [7, 11) is 0. The molecule has 4 rings (SSSR count). The Morgan fingerprint density at radius 3 is 2.61 bits per heavy atom. The van der Waals surface area contributed by atoms with E-state index >= 15 is 0 Å². The van der Waals surface area contributed by atoms with Gasteiger partial charge in [0.05, 0.1) is 0 Å². The maximum Gasteiger partial charge on any atom is 0.166 e. The van der Waals surface area contributed by atoms with Gasteiger partial charge in [-0.25, -0.2) is 9.97 Å². The molecule has 0 aliphatic heterocycles. The number of carbonyl (C=O) groups is 1. The zero-order valence-corrected chi connectivity index (χ0v) is 13.4. The number of ketones is 1. The minimum Gasteiger partial charge on any atom is -0.294 e. The molecule has 2 aromatic rings. The van der Waals surface area contributed by atoms with E-state index < -0.39 is 0 Å². The number of hydrogen-bond acceptors (Lipinski definition) is 3. The van der Waals surface area contributed by atoms with Gasteiger partial charge in [0.2, 0.25) is 0 Å². The van der Waals surface area contributed by atoms with Gasteiger partial charge in [0.15, 0.2) is 11.6 Å². The molecule has 3 nitrogen and oxygen atoms in total. The van der Waals surface area contributed by atoms with Crippen molar-refractivity contribution in [3.05, 3.63) is 47.8 Å². The molecular formula is C20H22N2O. The summed E-state index contributed by atoms with van der Waals surface area (Å²) in [6.07, 6.45) is 12.2. The molecule has 1 unspecified atom stereocenters. The van der Waals surface area contributed by atoms with E-state index in [-0.39, 0.29) is 5.92 Å². The number of carbonyl (C=O) groups excluding carboxylic acids is 1. The normalized spacial score (nSPS) is 21.4. The van der Waals surface area contributed by atoms with Gasteiger partial charge in [-0.15, -0.1) is 0 Å². The molecule has 1 atom stereocenters. The van der Waals surface area contributed by atoms with E-state index in [2.05, 4.69) is 16.0 Å². The SMILES string of the molecule is O=C1c2ccc(-c3ncccn3)cc2CC1CC1CCCCC1. The van der Waals surface area contributed by atoms with Crippen LogP contribution in [0.2, 0.25) is 0 Å². The predicted octanol–water partition coefficient (Wildman–Crippen LogP) is 4.47. The van der Waals surface area contributed by atoms with Gasteiger partial charge >= 0.3 is 0 Å². The van der Waals surface area contributed by atoms with Crippen LogP contribution < -0.4 is 0 Å². The first-order valence-electron chi connectivity index (χ1n) is 8.76. The van der Waals surface area contributed by atoms with E-state index in [0.29, 0.717) is 5.78 Å². The van der Waals surface area contributed by atoms with Gasteiger partial charge in [0.1, 0.15) is 0 Å². The Bertz CT molecular complexity index is 705. The molecule has 2 aliphatic carbocycles. The van der Waals surface area contributed by atoms with E-state index in [1.165, 1.54) is 37.7 Å². The lowest BCUT2D eigenvalue weighted by Crippen LogP contribution is -2.16. The van der Waals surface area contributed by atoms with Crippen LogP contribution in [0.25, 0.3) is 11.4 Å². The van der Waals surface area contributed by atoms with Crippen molar-refractivity contribution >= 4 is 5.78 Å². The van der Waals surface area contributed by atoms with Crippen molar-refractivity contribution in [1.82, 2.24) is 9.97 Å². The first kappa shape index (κ1) is 14.6. The Kier molecular flexibility index (Phi) is 3.94. The van der Waals surface area contributed by atoms with Crippen LogP contribution in [0.4, 0.5) is 0 Å². The lowest BCUT2D eigenvalue weighted by atomic mass is 9.81. The van der Waals surface area contributed by atoms with E-state index in [0.717, 1.165) is 35.7 Å². The monoisotopic (exact) mass is 306 g/mol. The van der Waals surface area contributed by atoms with E-state index in [4.69, 9.17) is 0 Å². The largest absolute Gasteiger partial charge is 0.294 e. The Hall–Kier alpha value is -2.03. The van der Waals surface area contributed by atoms with Crippen molar-refractivity contribution in [1.29, 1.82) is 0 Å². The number of hydrogen-bond donors (Lipinski definition) is 0. The number of rotatable bonds is 3. The lowest BCUT2D eigenvalue weighted by Gasteiger charge is -2.23. The molecule has 1 fully saturated rings. The topological polar surface area (TPSA) is 42.9 Å². The van der Waals surface area contributed by atoms with Crippen molar-refractivity contribution in [2.24, 2.45) is 11.8 Å². The molecule has 0 radical (unpaired) electrons. The minimum atomic E-state index is 0.194. The van der Waals surface area contributed by atoms with E-state index in [1.807, 2.05) is 18.2 Å². The molecule has 1 aromatic heterocycles. The number of Topliss-reactive ketones (excluding diaryl/α,β-unsaturated/α-hetero) is 1. The Morgan fingerprint density at radius 2 is 1.83 bits per heavy atom. The van der Waals surface area contributed by atoms with Gasteiger partial charge < -0.3 is 0 Å². The molecule has 2 aliphatic rings. The van der Waals surface area contributed by atoms with Crippen LogP contribution in [0.3, 0.4) is 0 Å². The summed E-state index contributed by atoms with van der Waals surface area (Å²) >= 11 is 0. The molecule has 1 saturated carbocycles. The Morgan fingerprint density at radius 1 is 1.04 bits per heavy atom. The molecule has 0 amide bonds. The minimum absolute atomic E-state index is 0.194. The molecule has 23 heavy (non-hydrogen) atoms. The fourth-order valence-electron chi connectivity index (χ4n) is 4.18. The van der Waals surface area contributed by atoms with Crippen molar-refractivity contribution in [2.75, 3.05) is 0 Å². The molecule has 1 heterocycles. The maximum absolute atomic E-state index is 12.7. The number of fused-ring (bicyclic) bond motifs is 1. The second-order valence-electron chi connectivity index (χ2n) is 6.95. The van der Waals surface area contributed by atoms with Gasteiger partial charge in [0.25, 0.3) is 0 Å². The maximum atomic E-state index is 12.7. The summed E-state index contributed by atoms with van der Waals surface area (Å²) in [5, 5.41) is 0. The van der Waals surface area contributed by atoms with Crippen molar-refractivity contribution in [3.63, 3.8) is 0 Å². The second kappa shape index (κ2) is 6.23. The van der Waals surface area contributed by atoms with Gasteiger partial charge in [-0.3, -0.25) is 4.79 Å². The summed E-state index contributed by atoms with van der Waals surface area (Å²) < 4.78 is 0. The highest BCUT2D eigenvalue weighted by molar-refractivity contribution is 6.02. The van der Waals surface area contributed by atoms with Crippen molar-refractivity contribution in [3.8, 4) is 11.4 Å². The molecule has 0 bridgehead atoms. The van der Waals surface area contributed by atoms with Gasteiger partial charge in [-0.1, -0.05) is 44.2 Å². The summed E-state index contributed by atoms with van der Waals surface area (Å²) in [6, 6.07) is 7.89. The number of nitrogens with zero attached hydrogens (tertiary/aromatic N) is 2. The predicted molar refractivity (Wildman–Crippen MR) is 90.2 cm³/mol. The highest BCUT2D eigenvalue weighted by Crippen LogP contribution is 2.36. The molecule has 118 valence electrons. The smallest absolute Gasteiger partial charge is 0.166 e. The number of aromatic nitrogens is 2. The molecule has 1 aromatic carbocycles. The van der Waals surface area contributed by atoms with Crippen molar-refractivity contribution < 1.29 is 4.79 Å². The Balaban J connectivity index is 1.54. The average molecular weight is 306 g/mol. The zero-order chi connectivity index (χ0) is 15.6. The third-order valence-corrected chi connectivity index (χ3v) is 5.37. The van der Waals surface area contributed by atoms with Crippen molar-refractivity contribution in [2.45, 2.75) is 44.9 Å². The van der Waals surface area contributed by atoms with Crippen LogP contribution in [0, 0.1) is 11.8 Å². The quantitative estimate of drug-likeness (QED) is 0.840. The highest BCUT2D eigenvalue weighted by atomic mass is 16.1. The summed E-state index contributed by atoms with van der Waals surface area (Å²) in [5.74, 6) is 2.04. The van der Waals surface area contributed by atoms with Gasteiger partial charge in [0, 0.05) is 29.4 Å². The standard InChI is InChI=1S/C20H22N2O/c23-19-17(11-14-5-2-1-3-6-14)13-16-12-15(7-8-18(16)19)20-21-9-4-10-22-20/h4,7-10,12,14,17H,1-3,5-6,11,13H2. The zero-order valence-electron chi connectivity index (χ0n) is 13.4. The molecule has 0 saturated heterocycles. The third kappa shape index (κ3) is 2.92. The fourth-order valence-corrected chi connectivity index (χ4v) is 4.18. The van der Waals surface area contributed by atoms with E-state index in [1.54, 1.807) is 12.4 Å². The third-order valence-electron chi connectivity index (χ3n) is 5.37. The van der Waals surface area contributed by atoms with Gasteiger partial charge in [-0.05, 0) is 36.5 Å². The Labute approximate surface area is 137 Å². The molecular weight excluding hydrogens is 284 g/mol. The van der Waals surface area contributed by atoms with Crippen LogP contribution >= 0.6 is 0 Å². The van der Waals surface area contributed by atoms with Crippen LogP contribution in [0.5, 0.6) is 0 Å². The van der Waals surface area contributed by atoms with Crippen LogP contribution in [0.15, 0.2) is 36.7 Å². The van der Waals surface area contributed by atoms with E-state index in [9.17, 15) is 4.79 Å². The molecule has 0 spiro atoms. The first-order chi connectivity index (χ1) is 11.3. The highest BCUT2D eigenvalue weighted by Gasteiger charge is 2.32. The van der Waals surface area contributed by atoms with Crippen LogP contribution in [0.1, 0.15) is 54.4 Å². The summed E-state index contributed by atoms with van der Waals surface area (Å²) in [5.41, 5.74) is 3.11. The fraction of sp³-hybridized carbons (Fsp3) is 0.450. The molecule has 3 heteroatoms. The summed E-state index contributed by atoms with van der Waals surface area (Å²) in [4.78, 5) is 21.3. The van der Waals surface area contributed by atoms with Crippen LogP contribution in [-0.4, -0.2) is 15.8 Å². The lowest BCUT2D eigenvalue weighted by molar-refractivity contribution is 0.0912. The average Bonchev–Trinajstić information content (AvgIpc) is 2.92. The van der Waals surface area contributed by atoms with Gasteiger partial charge in [-0.2, -0.15) is 0 Å². The van der Waals surface area contributed by atoms with Crippen LogP contribution in [-0.2, 0) is 6.42 Å². The first-order valence-corrected chi connectivity index (χ1v) is 8.76.